The predicted octanol–water partition coefficient (Wildman–Crippen LogP) is 7.21. The molecule has 0 amide bonds. The molecular weight excluding hydrogens is 560 g/mol. The minimum absolute atomic E-state index is 0.0333. The van der Waals surface area contributed by atoms with Crippen molar-refractivity contribution in [3.8, 4) is 0 Å². The predicted molar refractivity (Wildman–Crippen MR) is 130 cm³/mol. The van der Waals surface area contributed by atoms with Crippen LogP contribution >= 0.6 is 47.8 Å². The fourth-order valence-electron chi connectivity index (χ4n) is 3.66. The van der Waals surface area contributed by atoms with Gasteiger partial charge in [-0.05, 0) is 90.3 Å². The molecule has 0 fully saturated rings. The van der Waals surface area contributed by atoms with Gasteiger partial charge in [0.25, 0.3) is 0 Å². The molecule has 3 aromatic rings. The third-order valence-electron chi connectivity index (χ3n) is 5.25. The molecule has 2 aliphatic heterocycles. The second-order valence-corrected chi connectivity index (χ2v) is 10.3. The Bertz CT molecular complexity index is 1340. The number of hydrogen-bond acceptors (Lipinski definition) is 2. The van der Waals surface area contributed by atoms with E-state index >= 15 is 0 Å². The molecule has 146 valence electrons. The largest absolute Gasteiger partial charge is 0.355 e. The first-order valence-corrected chi connectivity index (χ1v) is 11.6. The van der Waals surface area contributed by atoms with E-state index in [-0.39, 0.29) is 5.41 Å². The molecule has 0 unspecified atom stereocenters. The van der Waals surface area contributed by atoms with Crippen molar-refractivity contribution in [1.29, 1.82) is 0 Å². The zero-order valence-electron chi connectivity index (χ0n) is 15.8. The van der Waals surface area contributed by atoms with Crippen molar-refractivity contribution < 1.29 is 0 Å². The Morgan fingerprint density at radius 1 is 0.793 bits per heavy atom. The van der Waals surface area contributed by atoms with Crippen molar-refractivity contribution in [3.63, 3.8) is 0 Å². The van der Waals surface area contributed by atoms with Crippen LogP contribution < -0.4 is 0 Å². The Morgan fingerprint density at radius 2 is 1.38 bits per heavy atom. The van der Waals surface area contributed by atoms with E-state index in [0.29, 0.717) is 0 Å². The summed E-state index contributed by atoms with van der Waals surface area (Å²) < 4.78 is 2.87. The average molecular weight is 577 g/mol. The summed E-state index contributed by atoms with van der Waals surface area (Å²) in [5.74, 6) is 0. The molecular formula is C22H17Br3N4. The summed E-state index contributed by atoms with van der Waals surface area (Å²) in [6.45, 7) is 4.47. The molecule has 8 bridgehead atoms. The van der Waals surface area contributed by atoms with Gasteiger partial charge in [-0.3, -0.25) is 4.98 Å². The van der Waals surface area contributed by atoms with E-state index in [9.17, 15) is 0 Å². The van der Waals surface area contributed by atoms with Crippen LogP contribution in [0, 0.1) is 0 Å². The standard InChI is InChI=1S/C22H17Br3N4/c1-22(2)10-17-19(23)14-6-5-12(27-14)8-16-21(25)20(24)15(28-16)7-11-3-4-13(26-11)9-18(22)29-17/h3-9,26-27H,10H2,1-2H3. The Morgan fingerprint density at radius 3 is 2.07 bits per heavy atom. The average Bonchev–Trinajstić information content (AvgIpc) is 3.42. The lowest BCUT2D eigenvalue weighted by atomic mass is 9.87. The molecule has 5 rings (SSSR count). The van der Waals surface area contributed by atoms with Crippen molar-refractivity contribution in [1.82, 2.24) is 19.9 Å². The summed E-state index contributed by atoms with van der Waals surface area (Å²) in [6.07, 6.45) is 0.878. The molecule has 4 nitrogen and oxygen atoms in total. The van der Waals surface area contributed by atoms with Crippen molar-refractivity contribution in [2.24, 2.45) is 0 Å². The number of aromatic amines is 2. The fourth-order valence-corrected chi connectivity index (χ4v) is 4.94. The molecule has 29 heavy (non-hydrogen) atoms. The van der Waals surface area contributed by atoms with Crippen molar-refractivity contribution in [2.75, 3.05) is 0 Å². The van der Waals surface area contributed by atoms with Crippen LogP contribution in [0.3, 0.4) is 0 Å². The second-order valence-electron chi connectivity index (χ2n) is 7.96. The Labute approximate surface area is 193 Å². The molecule has 0 saturated heterocycles. The highest BCUT2D eigenvalue weighted by atomic mass is 79.9. The molecule has 0 atom stereocenters. The third-order valence-corrected chi connectivity index (χ3v) is 8.27. The summed E-state index contributed by atoms with van der Waals surface area (Å²) in [7, 11) is 0. The quantitative estimate of drug-likeness (QED) is 0.297. The molecule has 0 aromatic carbocycles. The van der Waals surface area contributed by atoms with E-state index in [1.54, 1.807) is 0 Å². The molecule has 7 heteroatoms. The van der Waals surface area contributed by atoms with Crippen LogP contribution in [0.15, 0.2) is 46.9 Å². The molecule has 0 radical (unpaired) electrons. The van der Waals surface area contributed by atoms with Crippen LogP contribution in [0.25, 0.3) is 31.0 Å². The molecule has 0 aliphatic carbocycles. The normalized spacial score (nSPS) is 15.8. The number of aromatic nitrogens is 4. The topological polar surface area (TPSA) is 57.4 Å². The zero-order chi connectivity index (χ0) is 20.3. The van der Waals surface area contributed by atoms with E-state index in [2.05, 4.69) is 102 Å². The summed E-state index contributed by atoms with van der Waals surface area (Å²) in [4.78, 5) is 16.7. The summed E-state index contributed by atoms with van der Waals surface area (Å²) in [5, 5.41) is 0. The molecule has 0 saturated carbocycles. The molecule has 2 N–H and O–H groups in total. The van der Waals surface area contributed by atoms with Crippen LogP contribution in [-0.4, -0.2) is 19.9 Å². The number of rotatable bonds is 0. The lowest BCUT2D eigenvalue weighted by Crippen LogP contribution is -2.15. The number of hydrogen-bond donors (Lipinski definition) is 2. The van der Waals surface area contributed by atoms with Gasteiger partial charge >= 0.3 is 0 Å². The van der Waals surface area contributed by atoms with Crippen molar-refractivity contribution in [2.45, 2.75) is 25.7 Å². The van der Waals surface area contributed by atoms with Gasteiger partial charge in [-0.15, -0.1) is 0 Å². The summed E-state index contributed by atoms with van der Waals surface area (Å²) in [5.41, 5.74) is 7.85. The molecule has 2 aliphatic rings. The van der Waals surface area contributed by atoms with E-state index < -0.39 is 0 Å². The third kappa shape index (κ3) is 3.43. The minimum atomic E-state index is -0.0333. The monoisotopic (exact) mass is 574 g/mol. The van der Waals surface area contributed by atoms with Gasteiger partial charge in [0.15, 0.2) is 0 Å². The lowest BCUT2D eigenvalue weighted by Gasteiger charge is -2.15. The number of halogens is 3. The van der Waals surface area contributed by atoms with Gasteiger partial charge in [-0.25, -0.2) is 4.98 Å². The van der Waals surface area contributed by atoms with E-state index in [0.717, 1.165) is 64.7 Å². The van der Waals surface area contributed by atoms with Gasteiger partial charge in [-0.2, -0.15) is 0 Å². The maximum absolute atomic E-state index is 4.96. The number of nitrogens with one attached hydrogen (secondary N) is 2. The molecule has 5 heterocycles. The summed E-state index contributed by atoms with van der Waals surface area (Å²) in [6, 6.07) is 14.5. The van der Waals surface area contributed by atoms with E-state index in [1.807, 2.05) is 12.1 Å². The van der Waals surface area contributed by atoms with Crippen LogP contribution in [0.5, 0.6) is 0 Å². The smallest absolute Gasteiger partial charge is 0.0812 e. The minimum Gasteiger partial charge on any atom is -0.355 e. The Kier molecular flexibility index (Phi) is 4.60. The Balaban J connectivity index is 1.90. The highest BCUT2D eigenvalue weighted by molar-refractivity contribution is 9.18. The van der Waals surface area contributed by atoms with Gasteiger partial charge in [0.1, 0.15) is 0 Å². The van der Waals surface area contributed by atoms with E-state index in [1.165, 1.54) is 0 Å². The lowest BCUT2D eigenvalue weighted by molar-refractivity contribution is 0.543. The number of nitrogens with zero attached hydrogens (tertiary/aromatic N) is 2. The van der Waals surface area contributed by atoms with Crippen LogP contribution in [0.2, 0.25) is 0 Å². The highest BCUT2D eigenvalue weighted by Gasteiger charge is 2.29. The van der Waals surface area contributed by atoms with Gasteiger partial charge < -0.3 is 9.97 Å². The molecule has 0 spiro atoms. The Hall–Kier alpha value is -1.70. The van der Waals surface area contributed by atoms with Crippen molar-refractivity contribution in [3.05, 3.63) is 69.7 Å². The van der Waals surface area contributed by atoms with Crippen LogP contribution in [0.1, 0.15) is 36.6 Å². The van der Waals surface area contributed by atoms with Crippen LogP contribution in [0.4, 0.5) is 0 Å². The first-order chi connectivity index (χ1) is 13.8. The SMILES string of the molecule is CC1(C)Cc2nc1cc1ccc(cc3nc(cc4ccc([nH]4)c2Br)C(Br)=C3Br)[nH]1. The molecule has 3 aromatic heterocycles. The maximum atomic E-state index is 4.96. The highest BCUT2D eigenvalue weighted by Crippen LogP contribution is 2.39. The maximum Gasteiger partial charge on any atom is 0.0812 e. The van der Waals surface area contributed by atoms with Gasteiger partial charge in [0.05, 0.1) is 36.0 Å². The van der Waals surface area contributed by atoms with Gasteiger partial charge in [-0.1, -0.05) is 13.8 Å². The van der Waals surface area contributed by atoms with Gasteiger partial charge in [0, 0.05) is 34.1 Å². The number of fused-ring (bicyclic) bond motifs is 8. The second kappa shape index (κ2) is 6.93. The van der Waals surface area contributed by atoms with Gasteiger partial charge in [0.2, 0.25) is 0 Å². The number of H-pyrrole nitrogens is 2. The first kappa shape index (κ1) is 19.3. The zero-order valence-corrected chi connectivity index (χ0v) is 20.5. The van der Waals surface area contributed by atoms with Crippen molar-refractivity contribution >= 4 is 78.8 Å². The first-order valence-electron chi connectivity index (χ1n) is 9.22. The van der Waals surface area contributed by atoms with Crippen LogP contribution in [-0.2, 0) is 11.8 Å². The fraction of sp³-hybridized carbons (Fsp3) is 0.182. The van der Waals surface area contributed by atoms with E-state index in [4.69, 9.17) is 9.97 Å². The summed E-state index contributed by atoms with van der Waals surface area (Å²) >= 11 is 11.1.